The van der Waals surface area contributed by atoms with Gasteiger partial charge in [0.15, 0.2) is 0 Å². The number of hydrogen-bond acceptors (Lipinski definition) is 0. The largest absolute Gasteiger partial charge is 0.207 e. The van der Waals surface area contributed by atoms with E-state index >= 15 is 0 Å². The van der Waals surface area contributed by atoms with Gasteiger partial charge in [0.05, 0.1) is 5.38 Å². The van der Waals surface area contributed by atoms with E-state index < -0.39 is 0 Å². The summed E-state index contributed by atoms with van der Waals surface area (Å²) in [5, 5.41) is 0.134. The topological polar surface area (TPSA) is 0 Å². The van der Waals surface area contributed by atoms with Crippen molar-refractivity contribution in [2.45, 2.75) is 38.5 Å². The zero-order valence-electron chi connectivity index (χ0n) is 10.3. The van der Waals surface area contributed by atoms with Crippen molar-refractivity contribution in [3.8, 4) is 0 Å². The van der Waals surface area contributed by atoms with Crippen LogP contribution in [0.2, 0.25) is 0 Å². The van der Waals surface area contributed by atoms with E-state index in [-0.39, 0.29) is 16.6 Å². The highest BCUT2D eigenvalue weighted by Gasteiger charge is 2.27. The monoisotopic (exact) mass is 252 g/mol. The van der Waals surface area contributed by atoms with Crippen LogP contribution in [0.1, 0.15) is 32.3 Å². The number of allylic oxidation sites excluding steroid dienone is 2. The Balaban J connectivity index is 2.11. The first kappa shape index (κ1) is 12.6. The Morgan fingerprint density at radius 2 is 1.94 bits per heavy atom. The molecule has 0 radical (unpaired) electrons. The third-order valence-electron chi connectivity index (χ3n) is 3.21. The predicted molar refractivity (Wildman–Crippen MR) is 70.8 cm³/mol. The SMILES string of the molecule is CC1(C)CC(Cc2ccc(F)cc2)=CC(Cl)C1. The molecule has 1 atom stereocenters. The van der Waals surface area contributed by atoms with Crippen molar-refractivity contribution in [2.24, 2.45) is 5.41 Å². The summed E-state index contributed by atoms with van der Waals surface area (Å²) in [6, 6.07) is 6.73. The molecule has 0 amide bonds. The minimum atomic E-state index is -0.179. The molecule has 0 aliphatic heterocycles. The quantitative estimate of drug-likeness (QED) is 0.528. The van der Waals surface area contributed by atoms with E-state index in [0.717, 1.165) is 24.8 Å². The van der Waals surface area contributed by atoms with Crippen LogP contribution in [0.4, 0.5) is 4.39 Å². The molecule has 0 aromatic heterocycles. The molecule has 1 aliphatic rings. The Morgan fingerprint density at radius 1 is 1.29 bits per heavy atom. The molecule has 0 heterocycles. The van der Waals surface area contributed by atoms with Crippen LogP contribution in [0.3, 0.4) is 0 Å². The van der Waals surface area contributed by atoms with Gasteiger partial charge >= 0.3 is 0 Å². The van der Waals surface area contributed by atoms with Crippen LogP contribution < -0.4 is 0 Å². The van der Waals surface area contributed by atoms with Gasteiger partial charge in [0.2, 0.25) is 0 Å². The van der Waals surface area contributed by atoms with Crippen LogP contribution >= 0.6 is 11.6 Å². The summed E-state index contributed by atoms with van der Waals surface area (Å²) in [7, 11) is 0. The molecule has 0 saturated heterocycles. The second-order valence-electron chi connectivity index (χ2n) is 5.69. The zero-order valence-corrected chi connectivity index (χ0v) is 11.1. The third kappa shape index (κ3) is 3.57. The van der Waals surface area contributed by atoms with E-state index in [0.29, 0.717) is 0 Å². The van der Waals surface area contributed by atoms with Gasteiger partial charge in [-0.1, -0.05) is 37.6 Å². The molecular weight excluding hydrogens is 235 g/mol. The Kier molecular flexibility index (Phi) is 3.58. The summed E-state index contributed by atoms with van der Waals surface area (Å²) in [4.78, 5) is 0. The molecule has 0 N–H and O–H groups in total. The van der Waals surface area contributed by atoms with Gasteiger partial charge in [-0.3, -0.25) is 0 Å². The van der Waals surface area contributed by atoms with Gasteiger partial charge in [-0.25, -0.2) is 4.39 Å². The van der Waals surface area contributed by atoms with E-state index in [9.17, 15) is 4.39 Å². The minimum Gasteiger partial charge on any atom is -0.207 e. The van der Waals surface area contributed by atoms with Crippen LogP contribution in [0, 0.1) is 11.2 Å². The van der Waals surface area contributed by atoms with Crippen molar-refractivity contribution < 1.29 is 4.39 Å². The molecular formula is C15H18ClF. The first-order chi connectivity index (χ1) is 7.94. The maximum atomic E-state index is 12.8. The Hall–Kier alpha value is -0.820. The molecule has 1 unspecified atom stereocenters. The fraction of sp³-hybridized carbons (Fsp3) is 0.467. The molecule has 0 nitrogen and oxygen atoms in total. The highest BCUT2D eigenvalue weighted by atomic mass is 35.5. The highest BCUT2D eigenvalue weighted by Crippen LogP contribution is 2.38. The summed E-state index contributed by atoms with van der Waals surface area (Å²) in [5.41, 5.74) is 2.79. The molecule has 1 aromatic carbocycles. The summed E-state index contributed by atoms with van der Waals surface area (Å²) in [6.07, 6.45) is 5.15. The van der Waals surface area contributed by atoms with E-state index in [1.54, 1.807) is 0 Å². The fourth-order valence-electron chi connectivity index (χ4n) is 2.57. The molecule has 17 heavy (non-hydrogen) atoms. The van der Waals surface area contributed by atoms with Gasteiger partial charge in [-0.15, -0.1) is 11.6 Å². The fourth-order valence-corrected chi connectivity index (χ4v) is 3.17. The Morgan fingerprint density at radius 3 is 2.53 bits per heavy atom. The van der Waals surface area contributed by atoms with Crippen LogP contribution in [0.15, 0.2) is 35.9 Å². The molecule has 1 aromatic rings. The second-order valence-corrected chi connectivity index (χ2v) is 6.25. The lowest BCUT2D eigenvalue weighted by Gasteiger charge is -2.32. The highest BCUT2D eigenvalue weighted by molar-refractivity contribution is 6.21. The van der Waals surface area contributed by atoms with Crippen molar-refractivity contribution in [3.05, 3.63) is 47.3 Å². The van der Waals surface area contributed by atoms with Crippen LogP contribution in [0.25, 0.3) is 0 Å². The lowest BCUT2D eigenvalue weighted by Crippen LogP contribution is -2.22. The van der Waals surface area contributed by atoms with Gasteiger partial charge in [0.1, 0.15) is 5.82 Å². The van der Waals surface area contributed by atoms with Gasteiger partial charge in [0.25, 0.3) is 0 Å². The molecule has 1 aliphatic carbocycles. The average molecular weight is 253 g/mol. The number of rotatable bonds is 2. The lowest BCUT2D eigenvalue weighted by atomic mass is 9.76. The van der Waals surface area contributed by atoms with Crippen molar-refractivity contribution in [1.82, 2.24) is 0 Å². The molecule has 2 heteroatoms. The predicted octanol–water partition coefficient (Wildman–Crippen LogP) is 4.72. The van der Waals surface area contributed by atoms with Gasteiger partial charge in [-0.2, -0.15) is 0 Å². The van der Waals surface area contributed by atoms with Crippen molar-refractivity contribution in [1.29, 1.82) is 0 Å². The van der Waals surface area contributed by atoms with Crippen molar-refractivity contribution in [2.75, 3.05) is 0 Å². The Bertz CT molecular complexity index is 417. The molecule has 0 spiro atoms. The summed E-state index contributed by atoms with van der Waals surface area (Å²) in [6.45, 7) is 4.50. The second kappa shape index (κ2) is 4.81. The third-order valence-corrected chi connectivity index (χ3v) is 3.49. The summed E-state index contributed by atoms with van der Waals surface area (Å²) < 4.78 is 12.8. The first-order valence-corrected chi connectivity index (χ1v) is 6.46. The van der Waals surface area contributed by atoms with Crippen molar-refractivity contribution >= 4 is 11.6 Å². The lowest BCUT2D eigenvalue weighted by molar-refractivity contribution is 0.320. The van der Waals surface area contributed by atoms with Crippen LogP contribution in [0.5, 0.6) is 0 Å². The minimum absolute atomic E-state index is 0.134. The number of alkyl halides is 1. The van der Waals surface area contributed by atoms with Gasteiger partial charge in [-0.05, 0) is 42.4 Å². The molecule has 0 bridgehead atoms. The number of benzene rings is 1. The summed E-state index contributed by atoms with van der Waals surface area (Å²) >= 11 is 6.25. The van der Waals surface area contributed by atoms with Crippen LogP contribution in [-0.4, -0.2) is 5.38 Å². The average Bonchev–Trinajstić information content (AvgIpc) is 2.18. The van der Waals surface area contributed by atoms with Crippen molar-refractivity contribution in [3.63, 3.8) is 0 Å². The molecule has 0 saturated carbocycles. The molecule has 92 valence electrons. The zero-order chi connectivity index (χ0) is 12.5. The maximum Gasteiger partial charge on any atom is 0.123 e. The Labute approximate surface area is 107 Å². The van der Waals surface area contributed by atoms with Crippen LogP contribution in [-0.2, 0) is 6.42 Å². The normalized spacial score (nSPS) is 23.3. The van der Waals surface area contributed by atoms with Gasteiger partial charge < -0.3 is 0 Å². The summed E-state index contributed by atoms with van der Waals surface area (Å²) in [5.74, 6) is -0.179. The van der Waals surface area contributed by atoms with E-state index in [1.807, 2.05) is 12.1 Å². The van der Waals surface area contributed by atoms with E-state index in [4.69, 9.17) is 11.6 Å². The van der Waals surface area contributed by atoms with Gasteiger partial charge in [0, 0.05) is 0 Å². The standard InChI is InChI=1S/C15H18ClF/c1-15(2)9-12(8-13(16)10-15)7-11-3-5-14(17)6-4-11/h3-6,8,13H,7,9-10H2,1-2H3. The maximum absolute atomic E-state index is 12.8. The van der Waals surface area contributed by atoms with E-state index in [2.05, 4.69) is 19.9 Å². The smallest absolute Gasteiger partial charge is 0.123 e. The molecule has 0 fully saturated rings. The van der Waals surface area contributed by atoms with E-state index in [1.165, 1.54) is 17.7 Å². The number of hydrogen-bond donors (Lipinski definition) is 0. The number of halogens is 2. The molecule has 2 rings (SSSR count). The first-order valence-electron chi connectivity index (χ1n) is 6.03.